The van der Waals surface area contributed by atoms with E-state index in [1.165, 1.54) is 6.07 Å². The normalized spacial score (nSPS) is 9.81. The molecule has 0 aliphatic rings. The lowest BCUT2D eigenvalue weighted by molar-refractivity contribution is -0.117. The van der Waals surface area contributed by atoms with E-state index in [0.717, 1.165) is 11.3 Å². The van der Waals surface area contributed by atoms with Crippen molar-refractivity contribution in [3.05, 3.63) is 29.3 Å². The summed E-state index contributed by atoms with van der Waals surface area (Å²) in [5, 5.41) is 11.8. The SMILES string of the molecule is Cc1cc(C(=O)O)ccc1NCCC(N)=O. The van der Waals surface area contributed by atoms with E-state index < -0.39 is 5.97 Å². The minimum absolute atomic E-state index is 0.248. The zero-order chi connectivity index (χ0) is 12.1. The predicted molar refractivity (Wildman–Crippen MR) is 60.4 cm³/mol. The standard InChI is InChI=1S/C11H14N2O3/c1-7-6-8(11(15)16)2-3-9(7)13-5-4-10(12)14/h2-3,6,13H,4-5H2,1H3,(H2,12,14)(H,15,16). The molecule has 1 amide bonds. The Hall–Kier alpha value is -2.04. The lowest BCUT2D eigenvalue weighted by atomic mass is 10.1. The molecule has 1 rings (SSSR count). The van der Waals surface area contributed by atoms with Crippen LogP contribution in [0.25, 0.3) is 0 Å². The topological polar surface area (TPSA) is 92.4 Å². The second-order valence-corrected chi connectivity index (χ2v) is 3.48. The van der Waals surface area contributed by atoms with E-state index in [9.17, 15) is 9.59 Å². The third-order valence-corrected chi connectivity index (χ3v) is 2.16. The second kappa shape index (κ2) is 5.16. The lowest BCUT2D eigenvalue weighted by Gasteiger charge is -2.09. The number of carboxylic acid groups (broad SMARTS) is 1. The predicted octanol–water partition coefficient (Wildman–Crippen LogP) is 0.981. The summed E-state index contributed by atoms with van der Waals surface area (Å²) in [5.41, 5.74) is 6.88. The largest absolute Gasteiger partial charge is 0.478 e. The summed E-state index contributed by atoms with van der Waals surface area (Å²) in [6.07, 6.45) is 0.250. The third kappa shape index (κ3) is 3.27. The fourth-order valence-corrected chi connectivity index (χ4v) is 1.32. The van der Waals surface area contributed by atoms with Crippen LogP contribution in [-0.4, -0.2) is 23.5 Å². The fourth-order valence-electron chi connectivity index (χ4n) is 1.32. The molecule has 16 heavy (non-hydrogen) atoms. The van der Waals surface area contributed by atoms with Gasteiger partial charge in [0, 0.05) is 18.7 Å². The molecule has 4 N–H and O–H groups in total. The maximum Gasteiger partial charge on any atom is 0.335 e. The zero-order valence-corrected chi connectivity index (χ0v) is 8.99. The number of carbonyl (C=O) groups is 2. The highest BCUT2D eigenvalue weighted by Crippen LogP contribution is 2.16. The van der Waals surface area contributed by atoms with Crippen molar-refractivity contribution in [2.75, 3.05) is 11.9 Å². The molecule has 1 aromatic carbocycles. The molecular formula is C11H14N2O3. The average molecular weight is 222 g/mol. The van der Waals surface area contributed by atoms with E-state index in [2.05, 4.69) is 5.32 Å². The van der Waals surface area contributed by atoms with Crippen molar-refractivity contribution in [3.63, 3.8) is 0 Å². The van der Waals surface area contributed by atoms with E-state index in [1.54, 1.807) is 19.1 Å². The summed E-state index contributed by atoms with van der Waals surface area (Å²) in [5.74, 6) is -1.32. The summed E-state index contributed by atoms with van der Waals surface area (Å²) >= 11 is 0. The zero-order valence-electron chi connectivity index (χ0n) is 8.99. The van der Waals surface area contributed by atoms with Gasteiger partial charge in [-0.05, 0) is 30.7 Å². The Morgan fingerprint density at radius 2 is 2.12 bits per heavy atom. The maximum atomic E-state index is 10.7. The van der Waals surface area contributed by atoms with Gasteiger partial charge in [-0.1, -0.05) is 0 Å². The Morgan fingerprint density at radius 1 is 1.44 bits per heavy atom. The molecule has 0 radical (unpaired) electrons. The number of aryl methyl sites for hydroxylation is 1. The number of rotatable bonds is 5. The molecule has 0 saturated heterocycles. The van der Waals surface area contributed by atoms with Crippen molar-refractivity contribution < 1.29 is 14.7 Å². The Balaban J connectivity index is 2.68. The van der Waals surface area contributed by atoms with Crippen LogP contribution >= 0.6 is 0 Å². The summed E-state index contributed by atoms with van der Waals surface area (Å²) in [6.45, 7) is 2.25. The molecule has 5 heteroatoms. The van der Waals surface area contributed by atoms with Crippen LogP contribution in [0.4, 0.5) is 5.69 Å². The Morgan fingerprint density at radius 3 is 2.62 bits per heavy atom. The molecule has 0 saturated carbocycles. The summed E-state index contributed by atoms with van der Waals surface area (Å²) in [7, 11) is 0. The molecule has 0 unspecified atom stereocenters. The number of carboxylic acids is 1. The monoisotopic (exact) mass is 222 g/mol. The van der Waals surface area contributed by atoms with Crippen molar-refractivity contribution in [3.8, 4) is 0 Å². The van der Waals surface area contributed by atoms with E-state index in [4.69, 9.17) is 10.8 Å². The molecule has 0 spiro atoms. The summed E-state index contributed by atoms with van der Waals surface area (Å²) in [6, 6.07) is 4.77. The number of benzene rings is 1. The molecule has 0 fully saturated rings. The first kappa shape index (κ1) is 12.0. The van der Waals surface area contributed by atoms with Crippen molar-refractivity contribution >= 4 is 17.6 Å². The first-order valence-electron chi connectivity index (χ1n) is 4.87. The van der Waals surface area contributed by atoms with Crippen molar-refractivity contribution in [2.24, 2.45) is 5.73 Å². The molecule has 1 aromatic rings. The van der Waals surface area contributed by atoms with Crippen LogP contribution in [0.3, 0.4) is 0 Å². The highest BCUT2D eigenvalue weighted by atomic mass is 16.4. The van der Waals surface area contributed by atoms with Crippen LogP contribution in [0.5, 0.6) is 0 Å². The minimum atomic E-state index is -0.952. The van der Waals surface area contributed by atoms with Crippen molar-refractivity contribution in [1.29, 1.82) is 0 Å². The van der Waals surface area contributed by atoms with E-state index in [1.807, 2.05) is 0 Å². The van der Waals surface area contributed by atoms with Crippen molar-refractivity contribution in [2.45, 2.75) is 13.3 Å². The van der Waals surface area contributed by atoms with Gasteiger partial charge in [0.05, 0.1) is 5.56 Å². The molecule has 0 aromatic heterocycles. The molecule has 0 aliphatic carbocycles. The van der Waals surface area contributed by atoms with Gasteiger partial charge in [-0.15, -0.1) is 0 Å². The first-order valence-corrected chi connectivity index (χ1v) is 4.87. The highest BCUT2D eigenvalue weighted by molar-refractivity contribution is 5.88. The van der Waals surface area contributed by atoms with E-state index in [0.29, 0.717) is 6.54 Å². The molecular weight excluding hydrogens is 208 g/mol. The van der Waals surface area contributed by atoms with Crippen LogP contribution in [-0.2, 0) is 4.79 Å². The summed E-state index contributed by atoms with van der Waals surface area (Å²) in [4.78, 5) is 21.2. The van der Waals surface area contributed by atoms with Crippen LogP contribution < -0.4 is 11.1 Å². The van der Waals surface area contributed by atoms with Gasteiger partial charge in [0.15, 0.2) is 0 Å². The van der Waals surface area contributed by atoms with Gasteiger partial charge in [0.1, 0.15) is 0 Å². The van der Waals surface area contributed by atoms with Crippen LogP contribution in [0.15, 0.2) is 18.2 Å². The van der Waals surface area contributed by atoms with Gasteiger partial charge in [0.2, 0.25) is 5.91 Å². The number of carbonyl (C=O) groups excluding carboxylic acids is 1. The smallest absolute Gasteiger partial charge is 0.335 e. The molecule has 5 nitrogen and oxygen atoms in total. The Bertz CT molecular complexity index is 416. The van der Waals surface area contributed by atoms with E-state index in [-0.39, 0.29) is 17.9 Å². The van der Waals surface area contributed by atoms with Gasteiger partial charge in [-0.2, -0.15) is 0 Å². The first-order chi connectivity index (χ1) is 7.50. The molecule has 0 heterocycles. The molecule has 0 atom stereocenters. The average Bonchev–Trinajstić information content (AvgIpc) is 2.19. The van der Waals surface area contributed by atoms with Crippen LogP contribution in [0.1, 0.15) is 22.3 Å². The van der Waals surface area contributed by atoms with Gasteiger partial charge in [-0.3, -0.25) is 4.79 Å². The number of hydrogen-bond donors (Lipinski definition) is 3. The molecule has 0 aliphatic heterocycles. The molecule has 0 bridgehead atoms. The van der Waals surface area contributed by atoms with Crippen LogP contribution in [0, 0.1) is 6.92 Å². The number of primary amides is 1. The summed E-state index contributed by atoms with van der Waals surface area (Å²) < 4.78 is 0. The maximum absolute atomic E-state index is 10.7. The minimum Gasteiger partial charge on any atom is -0.478 e. The number of aromatic carboxylic acids is 1. The molecule has 86 valence electrons. The Labute approximate surface area is 93.3 Å². The quantitative estimate of drug-likeness (QED) is 0.692. The van der Waals surface area contributed by atoms with Gasteiger partial charge in [0.25, 0.3) is 0 Å². The highest BCUT2D eigenvalue weighted by Gasteiger charge is 2.05. The number of hydrogen-bond acceptors (Lipinski definition) is 3. The van der Waals surface area contributed by atoms with Gasteiger partial charge < -0.3 is 16.2 Å². The van der Waals surface area contributed by atoms with Crippen molar-refractivity contribution in [1.82, 2.24) is 0 Å². The third-order valence-electron chi connectivity index (χ3n) is 2.16. The van der Waals surface area contributed by atoms with E-state index >= 15 is 0 Å². The number of nitrogens with two attached hydrogens (primary N) is 1. The number of amides is 1. The fraction of sp³-hybridized carbons (Fsp3) is 0.273. The van der Waals surface area contributed by atoms with Crippen LogP contribution in [0.2, 0.25) is 0 Å². The second-order valence-electron chi connectivity index (χ2n) is 3.48. The lowest BCUT2D eigenvalue weighted by Crippen LogP contribution is -2.16. The number of anilines is 1. The number of nitrogens with one attached hydrogen (secondary N) is 1. The van der Waals surface area contributed by atoms with Gasteiger partial charge in [-0.25, -0.2) is 4.79 Å². The van der Waals surface area contributed by atoms with Gasteiger partial charge >= 0.3 is 5.97 Å². The Kier molecular flexibility index (Phi) is 3.88.